The largest absolute Gasteiger partial charge is 0.406 e. The number of ether oxygens (including phenoxy) is 1. The maximum Gasteiger partial charge on any atom is 0.406 e. The number of fused-ring (bicyclic) bond motifs is 1. The second kappa shape index (κ2) is 7.69. The normalized spacial score (nSPS) is 21.6. The van der Waals surface area contributed by atoms with Gasteiger partial charge in [0.05, 0.1) is 24.8 Å². The molecule has 1 aromatic heterocycles. The number of nitrogens with one attached hydrogen (secondary N) is 1. The lowest BCUT2D eigenvalue weighted by Gasteiger charge is -2.42. The minimum absolute atomic E-state index is 0.122. The van der Waals surface area contributed by atoms with Gasteiger partial charge in [0.2, 0.25) is 0 Å². The highest BCUT2D eigenvalue weighted by Crippen LogP contribution is 2.56. The first-order valence-electron chi connectivity index (χ1n) is 9.92. The van der Waals surface area contributed by atoms with Crippen LogP contribution in [-0.2, 0) is 27.4 Å². The standard InChI is InChI=1S/C19H25F3N4O3S/c1-12-13-9-26(18(3-4-18)19(20,21)22)11-25(7-8-29-2)17(13)30-14(12)10-24-6-5-23-15(27)16(24)28/h3-11H2,1-2H3,(H,23,27). The molecule has 0 spiro atoms. The highest BCUT2D eigenvalue weighted by Gasteiger charge is 2.67. The van der Waals surface area contributed by atoms with Crippen LogP contribution in [0.1, 0.15) is 28.8 Å². The molecule has 0 bridgehead atoms. The zero-order valence-corrected chi connectivity index (χ0v) is 17.8. The number of methoxy groups -OCH3 is 1. The summed E-state index contributed by atoms with van der Waals surface area (Å²) in [5.41, 5.74) is 0.0338. The summed E-state index contributed by atoms with van der Waals surface area (Å²) in [6.45, 7) is 4.32. The lowest BCUT2D eigenvalue weighted by molar-refractivity contribution is -0.198. The molecule has 1 saturated heterocycles. The van der Waals surface area contributed by atoms with Gasteiger partial charge in [-0.3, -0.25) is 14.5 Å². The number of halogens is 3. The van der Waals surface area contributed by atoms with E-state index in [1.54, 1.807) is 7.11 Å². The minimum Gasteiger partial charge on any atom is -0.383 e. The minimum atomic E-state index is -4.27. The lowest BCUT2D eigenvalue weighted by atomic mass is 10.1. The van der Waals surface area contributed by atoms with E-state index in [4.69, 9.17) is 4.74 Å². The van der Waals surface area contributed by atoms with Gasteiger partial charge < -0.3 is 19.9 Å². The fourth-order valence-corrected chi connectivity index (χ4v) is 5.54. The Labute approximate surface area is 176 Å². The number of thiophene rings is 1. The SMILES string of the molecule is COCCN1CN(C2(C(F)(F)F)CC2)Cc2c1sc(CN1CCNC(=O)C1=O)c2C. The number of alkyl halides is 3. The molecule has 0 aromatic carbocycles. The maximum atomic E-state index is 13.8. The molecule has 11 heteroatoms. The molecule has 3 heterocycles. The van der Waals surface area contributed by atoms with Crippen LogP contribution in [0.4, 0.5) is 18.2 Å². The quantitative estimate of drug-likeness (QED) is 0.676. The number of carbonyl (C=O) groups is 2. The Morgan fingerprint density at radius 1 is 1.23 bits per heavy atom. The maximum absolute atomic E-state index is 13.8. The number of nitrogens with zero attached hydrogens (tertiary/aromatic N) is 3. The van der Waals surface area contributed by atoms with Gasteiger partial charge in [-0.15, -0.1) is 11.3 Å². The van der Waals surface area contributed by atoms with Gasteiger partial charge >= 0.3 is 18.0 Å². The highest BCUT2D eigenvalue weighted by atomic mass is 32.1. The number of anilines is 1. The highest BCUT2D eigenvalue weighted by molar-refractivity contribution is 7.16. The van der Waals surface area contributed by atoms with Gasteiger partial charge in [0.25, 0.3) is 0 Å². The molecule has 2 fully saturated rings. The average Bonchev–Trinajstić information content (AvgIpc) is 3.46. The van der Waals surface area contributed by atoms with Crippen LogP contribution < -0.4 is 10.2 Å². The smallest absolute Gasteiger partial charge is 0.383 e. The number of carbonyl (C=O) groups excluding carboxylic acids is 2. The molecule has 0 atom stereocenters. The van der Waals surface area contributed by atoms with Crippen molar-refractivity contribution < 1.29 is 27.5 Å². The Morgan fingerprint density at radius 2 is 1.97 bits per heavy atom. The summed E-state index contributed by atoms with van der Waals surface area (Å²) in [4.78, 5) is 29.7. The number of amides is 2. The molecule has 2 aliphatic heterocycles. The second-order valence-corrected chi connectivity index (χ2v) is 9.13. The van der Waals surface area contributed by atoms with E-state index in [-0.39, 0.29) is 32.6 Å². The van der Waals surface area contributed by atoms with Gasteiger partial charge in [0.15, 0.2) is 0 Å². The predicted molar refractivity (Wildman–Crippen MR) is 105 cm³/mol. The van der Waals surface area contributed by atoms with Crippen molar-refractivity contribution in [3.05, 3.63) is 16.0 Å². The zero-order valence-electron chi connectivity index (χ0n) is 17.0. The van der Waals surface area contributed by atoms with Gasteiger partial charge in [-0.1, -0.05) is 0 Å². The lowest BCUT2D eigenvalue weighted by Crippen LogP contribution is -2.54. The number of rotatable bonds is 6. The van der Waals surface area contributed by atoms with Gasteiger partial charge in [0, 0.05) is 43.7 Å². The van der Waals surface area contributed by atoms with E-state index in [9.17, 15) is 22.8 Å². The topological polar surface area (TPSA) is 65.1 Å². The molecular weight excluding hydrogens is 421 g/mol. The van der Waals surface area contributed by atoms with Crippen molar-refractivity contribution in [1.82, 2.24) is 15.1 Å². The number of piperazine rings is 1. The molecule has 7 nitrogen and oxygen atoms in total. The van der Waals surface area contributed by atoms with Gasteiger partial charge in [-0.05, 0) is 25.3 Å². The molecule has 166 valence electrons. The van der Waals surface area contributed by atoms with Crippen LogP contribution in [0.3, 0.4) is 0 Å². The van der Waals surface area contributed by atoms with E-state index in [1.165, 1.54) is 21.1 Å². The molecule has 0 unspecified atom stereocenters. The summed E-state index contributed by atoms with van der Waals surface area (Å²) >= 11 is 1.49. The summed E-state index contributed by atoms with van der Waals surface area (Å²) in [5, 5.41) is 3.46. The van der Waals surface area contributed by atoms with Crippen LogP contribution in [0, 0.1) is 6.92 Å². The molecule has 1 saturated carbocycles. The van der Waals surface area contributed by atoms with Crippen LogP contribution in [0.5, 0.6) is 0 Å². The summed E-state index contributed by atoms with van der Waals surface area (Å²) in [5.74, 6) is -1.19. The molecule has 2 amide bonds. The fraction of sp³-hybridized carbons (Fsp3) is 0.684. The van der Waals surface area contributed by atoms with Crippen molar-refractivity contribution in [3.8, 4) is 0 Å². The van der Waals surface area contributed by atoms with Crippen LogP contribution in [0.2, 0.25) is 0 Å². The van der Waals surface area contributed by atoms with Gasteiger partial charge in [0.1, 0.15) is 5.54 Å². The third-order valence-electron chi connectivity index (χ3n) is 6.23. The van der Waals surface area contributed by atoms with Crippen molar-refractivity contribution in [2.75, 3.05) is 44.9 Å². The third-order valence-corrected chi connectivity index (χ3v) is 7.61. The Balaban J connectivity index is 1.63. The summed E-state index contributed by atoms with van der Waals surface area (Å²) in [6, 6.07) is 0. The van der Waals surface area contributed by atoms with Crippen LogP contribution in [0.25, 0.3) is 0 Å². The van der Waals surface area contributed by atoms with Crippen molar-refractivity contribution in [1.29, 1.82) is 0 Å². The molecular formula is C19H25F3N4O3S. The van der Waals surface area contributed by atoms with Crippen molar-refractivity contribution in [2.45, 2.75) is 44.6 Å². The average molecular weight is 446 g/mol. The molecule has 4 rings (SSSR count). The van der Waals surface area contributed by atoms with E-state index < -0.39 is 23.5 Å². The van der Waals surface area contributed by atoms with Crippen LogP contribution in [0.15, 0.2) is 0 Å². The Morgan fingerprint density at radius 3 is 2.60 bits per heavy atom. The summed E-state index contributed by atoms with van der Waals surface area (Å²) in [6.07, 6.45) is -4.02. The Bertz CT molecular complexity index is 853. The van der Waals surface area contributed by atoms with Gasteiger partial charge in [-0.25, -0.2) is 0 Å². The number of hydrogen-bond acceptors (Lipinski definition) is 6. The first-order valence-corrected chi connectivity index (χ1v) is 10.7. The monoisotopic (exact) mass is 446 g/mol. The van der Waals surface area contributed by atoms with E-state index in [1.807, 2.05) is 11.8 Å². The third kappa shape index (κ3) is 3.56. The van der Waals surface area contributed by atoms with Crippen molar-refractivity contribution >= 4 is 28.2 Å². The Kier molecular flexibility index (Phi) is 5.48. The second-order valence-electron chi connectivity index (χ2n) is 8.04. The molecule has 1 aromatic rings. The van der Waals surface area contributed by atoms with E-state index in [0.29, 0.717) is 26.2 Å². The van der Waals surface area contributed by atoms with Gasteiger partial charge in [-0.2, -0.15) is 13.2 Å². The summed E-state index contributed by atoms with van der Waals surface area (Å²) < 4.78 is 46.5. The Hall–Kier alpha value is -1.85. The van der Waals surface area contributed by atoms with E-state index in [2.05, 4.69) is 5.32 Å². The zero-order chi connectivity index (χ0) is 21.7. The van der Waals surface area contributed by atoms with Crippen molar-refractivity contribution in [3.63, 3.8) is 0 Å². The number of hydrogen-bond donors (Lipinski definition) is 1. The fourth-order valence-electron chi connectivity index (χ4n) is 4.19. The first-order chi connectivity index (χ1) is 14.2. The molecule has 3 aliphatic rings. The van der Waals surface area contributed by atoms with Crippen LogP contribution >= 0.6 is 11.3 Å². The van der Waals surface area contributed by atoms with Crippen molar-refractivity contribution in [2.24, 2.45) is 0 Å². The first kappa shape index (κ1) is 21.4. The molecule has 30 heavy (non-hydrogen) atoms. The molecule has 1 N–H and O–H groups in total. The predicted octanol–water partition coefficient (Wildman–Crippen LogP) is 1.84. The molecule has 0 radical (unpaired) electrons. The van der Waals surface area contributed by atoms with E-state index in [0.717, 1.165) is 21.0 Å². The van der Waals surface area contributed by atoms with Crippen LogP contribution in [-0.4, -0.2) is 73.3 Å². The van der Waals surface area contributed by atoms with E-state index >= 15 is 0 Å². The summed E-state index contributed by atoms with van der Waals surface area (Å²) in [7, 11) is 1.57. The molecule has 1 aliphatic carbocycles.